The normalized spacial score (nSPS) is 11.8. The number of halogens is 1. The van der Waals surface area contributed by atoms with E-state index in [-0.39, 0.29) is 5.75 Å². The van der Waals surface area contributed by atoms with Crippen LogP contribution in [0.15, 0.2) is 0 Å². The van der Waals surface area contributed by atoms with Crippen molar-refractivity contribution >= 4 is 28.2 Å². The van der Waals surface area contributed by atoms with Gasteiger partial charge in [-0.15, -0.1) is 0 Å². The largest absolute Gasteiger partial charge is 0.330 e. The molecule has 5 heteroatoms. The molecule has 3 nitrogen and oxygen atoms in total. The van der Waals surface area contributed by atoms with Crippen LogP contribution in [0, 0.1) is 0 Å². The lowest BCUT2D eigenvalue weighted by atomic mass is 10.5. The Labute approximate surface area is 61.1 Å². The summed E-state index contributed by atoms with van der Waals surface area (Å²) < 4.78 is 20.6. The van der Waals surface area contributed by atoms with Crippen LogP contribution in [0.5, 0.6) is 0 Å². The molecule has 0 rings (SSSR count). The van der Waals surface area contributed by atoms with Crippen LogP contribution in [0.4, 0.5) is 0 Å². The average Bonchev–Trinajstić information content (AvgIpc) is 1.59. The quantitative estimate of drug-likeness (QED) is 0.570. The van der Waals surface area contributed by atoms with Crippen molar-refractivity contribution in [2.24, 2.45) is 5.73 Å². The van der Waals surface area contributed by atoms with Crippen LogP contribution >= 0.6 is 21.2 Å². The highest BCUT2D eigenvalue weighted by Crippen LogP contribution is 2.01. The van der Waals surface area contributed by atoms with Gasteiger partial charge >= 0.3 is 0 Å². The average molecular weight is 249 g/mol. The first-order valence-electron chi connectivity index (χ1n) is 2.18. The molecule has 0 saturated carbocycles. The Balaban J connectivity index is 3.42. The fraction of sp³-hybridized carbons (Fsp3) is 1.00. The van der Waals surface area contributed by atoms with Gasteiger partial charge in [0, 0.05) is 0 Å². The molecule has 0 aliphatic carbocycles. The van der Waals surface area contributed by atoms with E-state index in [2.05, 4.69) is 0 Å². The van der Waals surface area contributed by atoms with Crippen LogP contribution in [0.2, 0.25) is 0 Å². The van der Waals surface area contributed by atoms with E-state index in [1.54, 1.807) is 0 Å². The lowest BCUT2D eigenvalue weighted by Gasteiger charge is -1.89. The first kappa shape index (κ1) is 8.64. The van der Waals surface area contributed by atoms with Crippen molar-refractivity contribution in [2.45, 2.75) is 6.42 Å². The second-order valence-electron chi connectivity index (χ2n) is 1.39. The summed E-state index contributed by atoms with van der Waals surface area (Å²) in [4.78, 5) is 0. The van der Waals surface area contributed by atoms with Gasteiger partial charge in [-0.2, -0.15) is 0 Å². The van der Waals surface area contributed by atoms with Gasteiger partial charge in [-0.05, 0) is 13.0 Å². The molecule has 8 heavy (non-hydrogen) atoms. The topological polar surface area (TPSA) is 60.2 Å². The fourth-order valence-corrected chi connectivity index (χ4v) is 1.70. The predicted octanol–water partition coefficient (Wildman–Crippen LogP) is 0.100. The highest BCUT2D eigenvalue weighted by atomic mass is 127. The molecule has 2 N–H and O–H groups in total. The molecule has 0 atom stereocenters. The van der Waals surface area contributed by atoms with Crippen LogP contribution in [0.1, 0.15) is 6.42 Å². The molecule has 0 amide bonds. The molecule has 0 aromatic carbocycles. The molecule has 0 aliphatic rings. The van der Waals surface area contributed by atoms with Crippen LogP contribution in [-0.2, 0) is 7.01 Å². The summed E-state index contributed by atoms with van der Waals surface area (Å²) in [6.07, 6.45) is 0.561. The Bertz CT molecular complexity index is 141. The molecule has 0 saturated heterocycles. The molecule has 0 aromatic rings. The molecule has 50 valence electrons. The van der Waals surface area contributed by atoms with Gasteiger partial charge in [0.15, 0.2) is 0 Å². The Hall–Kier alpha value is 0.640. The minimum atomic E-state index is -2.80. The number of nitrogens with two attached hydrogens (primary N) is 1. The first-order chi connectivity index (χ1) is 3.56. The van der Waals surface area contributed by atoms with Gasteiger partial charge in [0.2, 0.25) is 7.01 Å². The second-order valence-corrected chi connectivity index (χ2v) is 6.90. The van der Waals surface area contributed by atoms with E-state index in [4.69, 9.17) is 5.73 Å². The highest BCUT2D eigenvalue weighted by Gasteiger charge is 2.00. The number of rotatable bonds is 3. The monoisotopic (exact) mass is 249 g/mol. The molecule has 0 spiro atoms. The zero-order valence-corrected chi connectivity index (χ0v) is 7.28. The van der Waals surface area contributed by atoms with Gasteiger partial charge in [0.05, 0.1) is 27.0 Å². The van der Waals surface area contributed by atoms with Crippen molar-refractivity contribution in [3.8, 4) is 0 Å². The zero-order valence-electron chi connectivity index (χ0n) is 4.30. The summed E-state index contributed by atoms with van der Waals surface area (Å²) >= 11 is 1.42. The van der Waals surface area contributed by atoms with Crippen LogP contribution in [0.3, 0.4) is 0 Å². The van der Waals surface area contributed by atoms with Crippen molar-refractivity contribution < 1.29 is 8.42 Å². The van der Waals surface area contributed by atoms with E-state index in [9.17, 15) is 8.42 Å². The predicted molar refractivity (Wildman–Crippen MR) is 41.5 cm³/mol. The van der Waals surface area contributed by atoms with Gasteiger partial charge in [0.1, 0.15) is 0 Å². The third-order valence-corrected chi connectivity index (χ3v) is 2.69. The van der Waals surface area contributed by atoms with Gasteiger partial charge in [-0.1, -0.05) is 0 Å². The summed E-state index contributed by atoms with van der Waals surface area (Å²) in [5.74, 6) is 0.198. The van der Waals surface area contributed by atoms with Crippen molar-refractivity contribution in [1.29, 1.82) is 0 Å². The molecule has 0 aliphatic heterocycles. The molecule has 0 bridgehead atoms. The lowest BCUT2D eigenvalue weighted by Crippen LogP contribution is -2.05. The van der Waals surface area contributed by atoms with Gasteiger partial charge in [-0.25, -0.2) is 8.42 Å². The smallest absolute Gasteiger partial charge is 0.203 e. The standard InChI is InChI=1S/C3H8INO2S/c4-8(6,7)3-1-2-5/h1-3,5H2. The van der Waals surface area contributed by atoms with E-state index in [0.717, 1.165) is 0 Å². The minimum Gasteiger partial charge on any atom is -0.330 e. The lowest BCUT2D eigenvalue weighted by molar-refractivity contribution is 0.610. The third-order valence-electron chi connectivity index (χ3n) is 0.592. The van der Waals surface area contributed by atoms with E-state index in [1.807, 2.05) is 0 Å². The molecule has 0 radical (unpaired) electrons. The minimum absolute atomic E-state index is 0.198. The van der Waals surface area contributed by atoms with Gasteiger partial charge in [-0.3, -0.25) is 0 Å². The summed E-state index contributed by atoms with van der Waals surface area (Å²) in [6, 6.07) is 0. The van der Waals surface area contributed by atoms with Crippen molar-refractivity contribution in [3.63, 3.8) is 0 Å². The SMILES string of the molecule is NCCCS(=O)(=O)I. The first-order valence-corrected chi connectivity index (χ1v) is 6.38. The maximum Gasteiger partial charge on any atom is 0.203 e. The van der Waals surface area contributed by atoms with E-state index in [1.165, 1.54) is 21.2 Å². The van der Waals surface area contributed by atoms with Gasteiger partial charge < -0.3 is 5.73 Å². The Morgan fingerprint density at radius 2 is 2.00 bits per heavy atom. The summed E-state index contributed by atoms with van der Waals surface area (Å²) in [6.45, 7) is 0.447. The molecular formula is C3H8INO2S. The number of hydrogen-bond donors (Lipinski definition) is 1. The van der Waals surface area contributed by atoms with Crippen molar-refractivity contribution in [1.82, 2.24) is 0 Å². The van der Waals surface area contributed by atoms with Crippen LogP contribution in [-0.4, -0.2) is 20.7 Å². The summed E-state index contributed by atoms with van der Waals surface area (Å²) in [7, 11) is -2.80. The number of hydrogen-bond acceptors (Lipinski definition) is 3. The Morgan fingerprint density at radius 3 is 2.12 bits per heavy atom. The van der Waals surface area contributed by atoms with Crippen LogP contribution in [0.25, 0.3) is 0 Å². The summed E-state index contributed by atoms with van der Waals surface area (Å²) in [5.41, 5.74) is 5.07. The van der Waals surface area contributed by atoms with E-state index >= 15 is 0 Å². The van der Waals surface area contributed by atoms with E-state index in [0.29, 0.717) is 13.0 Å². The Morgan fingerprint density at radius 1 is 1.50 bits per heavy atom. The molecule has 0 unspecified atom stereocenters. The highest BCUT2D eigenvalue weighted by molar-refractivity contribution is 14.2. The molecule has 0 fully saturated rings. The van der Waals surface area contributed by atoms with Crippen LogP contribution < -0.4 is 5.73 Å². The zero-order chi connectivity index (χ0) is 6.62. The molecular weight excluding hydrogens is 241 g/mol. The second kappa shape index (κ2) is 3.62. The van der Waals surface area contributed by atoms with E-state index < -0.39 is 7.01 Å². The van der Waals surface area contributed by atoms with Crippen molar-refractivity contribution in [2.75, 3.05) is 12.3 Å². The molecule has 0 heterocycles. The maximum absolute atomic E-state index is 10.3. The van der Waals surface area contributed by atoms with Crippen molar-refractivity contribution in [3.05, 3.63) is 0 Å². The van der Waals surface area contributed by atoms with Gasteiger partial charge in [0.25, 0.3) is 0 Å². The Kier molecular flexibility index (Phi) is 3.91. The third kappa shape index (κ3) is 6.64. The summed E-state index contributed by atoms with van der Waals surface area (Å²) in [5, 5.41) is 0. The maximum atomic E-state index is 10.3. The molecule has 0 aromatic heterocycles. The fourth-order valence-electron chi connectivity index (χ4n) is 0.256.